The van der Waals surface area contributed by atoms with Gasteiger partial charge in [0, 0.05) is 0 Å². The lowest BCUT2D eigenvalue weighted by Gasteiger charge is -2.21. The van der Waals surface area contributed by atoms with Gasteiger partial charge in [0.1, 0.15) is 17.2 Å². The highest BCUT2D eigenvalue weighted by atomic mass is 16.5. The van der Waals surface area contributed by atoms with E-state index in [9.17, 15) is 4.79 Å². The highest BCUT2D eigenvalue weighted by Gasteiger charge is 2.20. The van der Waals surface area contributed by atoms with Crippen molar-refractivity contribution in [1.82, 2.24) is 5.32 Å². The molecule has 0 fully saturated rings. The number of methoxy groups -OCH3 is 2. The van der Waals surface area contributed by atoms with E-state index in [0.29, 0.717) is 12.2 Å². The molecule has 0 unspecified atom stereocenters. The van der Waals surface area contributed by atoms with Crippen molar-refractivity contribution in [3.8, 4) is 17.2 Å². The van der Waals surface area contributed by atoms with E-state index in [1.807, 2.05) is 38.1 Å². The van der Waals surface area contributed by atoms with Crippen LogP contribution in [0.15, 0.2) is 48.5 Å². The van der Waals surface area contributed by atoms with Crippen molar-refractivity contribution in [3.05, 3.63) is 54.1 Å². The molecule has 0 saturated heterocycles. The largest absolute Gasteiger partial charge is 0.497 e. The number of hydrogen-bond donors (Lipinski definition) is 1. The molecule has 0 aliphatic heterocycles. The van der Waals surface area contributed by atoms with Crippen molar-refractivity contribution in [3.63, 3.8) is 0 Å². The summed E-state index contributed by atoms with van der Waals surface area (Å²) in [6.45, 7) is 3.87. The van der Waals surface area contributed by atoms with Crippen molar-refractivity contribution in [2.75, 3.05) is 14.2 Å². The van der Waals surface area contributed by atoms with E-state index in [-0.39, 0.29) is 11.9 Å². The maximum Gasteiger partial charge on any atom is 0.261 e. The summed E-state index contributed by atoms with van der Waals surface area (Å²) in [5.74, 6) is 2.04. The minimum atomic E-state index is -0.547. The van der Waals surface area contributed by atoms with Gasteiger partial charge in [-0.25, -0.2) is 0 Å². The standard InChI is InChI=1S/C20H25NO4/c1-5-19(25-18-12-10-17(24-4)11-13-18)20(22)21-14(2)15-6-8-16(23-3)9-7-15/h6-14,19H,5H2,1-4H3,(H,21,22)/t14-,19+/m1/s1. The van der Waals surface area contributed by atoms with Gasteiger partial charge in [0.25, 0.3) is 5.91 Å². The topological polar surface area (TPSA) is 56.8 Å². The lowest BCUT2D eigenvalue weighted by molar-refractivity contribution is -0.128. The van der Waals surface area contributed by atoms with Crippen LogP contribution in [0.4, 0.5) is 0 Å². The lowest BCUT2D eigenvalue weighted by atomic mass is 10.1. The van der Waals surface area contributed by atoms with Crippen molar-refractivity contribution in [1.29, 1.82) is 0 Å². The fourth-order valence-corrected chi connectivity index (χ4v) is 2.42. The fourth-order valence-electron chi connectivity index (χ4n) is 2.42. The number of hydrogen-bond acceptors (Lipinski definition) is 4. The van der Waals surface area contributed by atoms with Gasteiger partial charge < -0.3 is 19.5 Å². The van der Waals surface area contributed by atoms with Gasteiger partial charge in [0.2, 0.25) is 0 Å². The molecule has 1 N–H and O–H groups in total. The van der Waals surface area contributed by atoms with E-state index in [2.05, 4.69) is 5.32 Å². The number of benzene rings is 2. The highest BCUT2D eigenvalue weighted by molar-refractivity contribution is 5.81. The smallest absolute Gasteiger partial charge is 0.261 e. The van der Waals surface area contributed by atoms with Crippen molar-refractivity contribution in [2.24, 2.45) is 0 Å². The first-order valence-electron chi connectivity index (χ1n) is 8.32. The SMILES string of the molecule is CC[C@H](Oc1ccc(OC)cc1)C(=O)N[C@H](C)c1ccc(OC)cc1. The van der Waals surface area contributed by atoms with Gasteiger partial charge in [-0.3, -0.25) is 4.79 Å². The van der Waals surface area contributed by atoms with E-state index in [1.165, 1.54) is 0 Å². The summed E-state index contributed by atoms with van der Waals surface area (Å²) in [6, 6.07) is 14.7. The third-order valence-corrected chi connectivity index (χ3v) is 3.98. The highest BCUT2D eigenvalue weighted by Crippen LogP contribution is 2.20. The van der Waals surface area contributed by atoms with Crippen LogP contribution in [0.25, 0.3) is 0 Å². The first-order chi connectivity index (χ1) is 12.1. The molecule has 2 aromatic carbocycles. The molecule has 2 rings (SSSR count). The Balaban J connectivity index is 1.97. The lowest BCUT2D eigenvalue weighted by Crippen LogP contribution is -2.39. The first-order valence-corrected chi connectivity index (χ1v) is 8.32. The average Bonchev–Trinajstić information content (AvgIpc) is 2.66. The molecular weight excluding hydrogens is 318 g/mol. The Morgan fingerprint density at radius 1 is 0.920 bits per heavy atom. The van der Waals surface area contributed by atoms with E-state index in [1.54, 1.807) is 38.5 Å². The van der Waals surface area contributed by atoms with Crippen LogP contribution in [0.1, 0.15) is 31.9 Å². The van der Waals surface area contributed by atoms with E-state index >= 15 is 0 Å². The Morgan fingerprint density at radius 2 is 1.40 bits per heavy atom. The summed E-state index contributed by atoms with van der Waals surface area (Å²) in [7, 11) is 3.24. The van der Waals surface area contributed by atoms with Crippen molar-refractivity contribution < 1.29 is 19.0 Å². The molecule has 5 nitrogen and oxygen atoms in total. The molecule has 1 amide bonds. The van der Waals surface area contributed by atoms with Gasteiger partial charge in [0.15, 0.2) is 6.10 Å². The summed E-state index contributed by atoms with van der Waals surface area (Å²) in [6.07, 6.45) is 0.0294. The second-order valence-electron chi connectivity index (χ2n) is 5.69. The molecule has 25 heavy (non-hydrogen) atoms. The maximum absolute atomic E-state index is 12.5. The minimum Gasteiger partial charge on any atom is -0.497 e. The Kier molecular flexibility index (Phi) is 6.69. The Hall–Kier alpha value is -2.69. The van der Waals surface area contributed by atoms with E-state index in [0.717, 1.165) is 17.1 Å². The van der Waals surface area contributed by atoms with Gasteiger partial charge in [-0.15, -0.1) is 0 Å². The monoisotopic (exact) mass is 343 g/mol. The number of nitrogens with one attached hydrogen (secondary N) is 1. The summed E-state index contributed by atoms with van der Waals surface area (Å²) < 4.78 is 16.1. The predicted octanol–water partition coefficient (Wildman–Crippen LogP) is 3.74. The van der Waals surface area contributed by atoms with Crippen molar-refractivity contribution >= 4 is 5.91 Å². The summed E-state index contributed by atoms with van der Waals surface area (Å²) in [5, 5.41) is 3.00. The molecule has 0 aliphatic carbocycles. The number of rotatable bonds is 8. The first kappa shape index (κ1) is 18.6. The van der Waals surface area contributed by atoms with Crippen molar-refractivity contribution in [2.45, 2.75) is 32.4 Å². The zero-order valence-electron chi connectivity index (χ0n) is 15.1. The summed E-state index contributed by atoms with van der Waals surface area (Å²) in [5.41, 5.74) is 1.01. The summed E-state index contributed by atoms with van der Waals surface area (Å²) >= 11 is 0. The molecule has 0 saturated carbocycles. The molecule has 134 valence electrons. The van der Waals surface area contributed by atoms with Crippen LogP contribution in [0, 0.1) is 0 Å². The minimum absolute atomic E-state index is 0.119. The average molecular weight is 343 g/mol. The maximum atomic E-state index is 12.5. The van der Waals surface area contributed by atoms with E-state index in [4.69, 9.17) is 14.2 Å². The van der Waals surface area contributed by atoms with Gasteiger partial charge in [-0.2, -0.15) is 0 Å². The van der Waals surface area contributed by atoms with Gasteiger partial charge in [0.05, 0.1) is 20.3 Å². The predicted molar refractivity (Wildman–Crippen MR) is 97.3 cm³/mol. The number of carbonyl (C=O) groups is 1. The molecule has 5 heteroatoms. The van der Waals surface area contributed by atoms with Crippen LogP contribution < -0.4 is 19.5 Å². The summed E-state index contributed by atoms with van der Waals surface area (Å²) in [4.78, 5) is 12.5. The van der Waals surface area contributed by atoms with Crippen LogP contribution in [0.2, 0.25) is 0 Å². The Labute approximate surface area is 148 Å². The van der Waals surface area contributed by atoms with Crippen LogP contribution in [-0.2, 0) is 4.79 Å². The normalized spacial score (nSPS) is 12.8. The molecule has 0 aliphatic rings. The molecule has 0 heterocycles. The van der Waals surface area contributed by atoms with Crippen LogP contribution in [-0.4, -0.2) is 26.2 Å². The molecule has 0 bridgehead atoms. The molecule has 0 aromatic heterocycles. The van der Waals surface area contributed by atoms with Crippen LogP contribution in [0.3, 0.4) is 0 Å². The molecule has 2 atom stereocenters. The zero-order valence-corrected chi connectivity index (χ0v) is 15.1. The van der Waals surface area contributed by atoms with Gasteiger partial charge in [-0.05, 0) is 55.3 Å². The molecule has 0 spiro atoms. The molecule has 0 radical (unpaired) electrons. The third-order valence-electron chi connectivity index (χ3n) is 3.98. The number of ether oxygens (including phenoxy) is 3. The number of amides is 1. The third kappa shape index (κ3) is 5.14. The molecular formula is C20H25NO4. The quantitative estimate of drug-likeness (QED) is 0.793. The fraction of sp³-hybridized carbons (Fsp3) is 0.350. The number of carbonyl (C=O) groups excluding carboxylic acids is 1. The Morgan fingerprint density at radius 3 is 1.88 bits per heavy atom. The van der Waals surface area contributed by atoms with E-state index < -0.39 is 6.10 Å². The zero-order chi connectivity index (χ0) is 18.2. The second kappa shape index (κ2) is 8.97. The van der Waals surface area contributed by atoms with Crippen LogP contribution in [0.5, 0.6) is 17.2 Å². The molecule has 2 aromatic rings. The van der Waals surface area contributed by atoms with Gasteiger partial charge in [-0.1, -0.05) is 19.1 Å². The Bertz CT molecular complexity index is 667. The van der Waals surface area contributed by atoms with Crippen LogP contribution >= 0.6 is 0 Å². The second-order valence-corrected chi connectivity index (χ2v) is 5.69. The van der Waals surface area contributed by atoms with Gasteiger partial charge >= 0.3 is 0 Å².